The van der Waals surface area contributed by atoms with Crippen molar-refractivity contribution < 1.29 is 65.2 Å². The molecular formula is C22H23F2N7O13P2. The summed E-state index contributed by atoms with van der Waals surface area (Å²) in [6.45, 7) is -1.92. The number of hydrogen-bond donors (Lipinski definition) is 5. The second kappa shape index (κ2) is 11.2. The van der Waals surface area contributed by atoms with Crippen LogP contribution in [0.15, 0.2) is 22.3 Å². The lowest BCUT2D eigenvalue weighted by Gasteiger charge is -2.26. The van der Waals surface area contributed by atoms with Crippen molar-refractivity contribution in [2.24, 2.45) is 4.99 Å². The fourth-order valence-corrected chi connectivity index (χ4v) is 7.48. The summed E-state index contributed by atoms with van der Waals surface area (Å²) in [6.07, 6.45) is -11.8. The summed E-state index contributed by atoms with van der Waals surface area (Å²) in [6, 6.07) is 0. The molecule has 3 aromatic rings. The SMILES string of the molecule is Nc1nc2c(ncn2[C@@H]2O[C@@H]3COP(=O)(O)O[C@@H]4[C@H](O)[C@@H](COP(=O)(O)O[C@H]3[C@H]2F)O[C@H]4n2cc(F)c3c2N=CCC3=O)c(=O)[nH]1. The van der Waals surface area contributed by atoms with Gasteiger partial charge in [0.15, 0.2) is 41.4 Å². The molecule has 7 rings (SSSR count). The number of ketones is 1. The van der Waals surface area contributed by atoms with E-state index in [-0.39, 0.29) is 29.4 Å². The van der Waals surface area contributed by atoms with Gasteiger partial charge in [-0.2, -0.15) is 4.98 Å². The van der Waals surface area contributed by atoms with Crippen molar-refractivity contribution in [1.82, 2.24) is 24.1 Å². The number of aromatic nitrogens is 5. The molecule has 7 heterocycles. The molecule has 10 atom stereocenters. The molecule has 3 saturated heterocycles. The molecule has 46 heavy (non-hydrogen) atoms. The molecule has 0 spiro atoms. The van der Waals surface area contributed by atoms with Gasteiger partial charge in [-0.15, -0.1) is 0 Å². The maximum atomic E-state index is 15.9. The van der Waals surface area contributed by atoms with Gasteiger partial charge in [0.05, 0.1) is 25.1 Å². The number of carbonyl (C=O) groups excluding carboxylic acids is 1. The summed E-state index contributed by atoms with van der Waals surface area (Å²) in [5.74, 6) is -2.17. The van der Waals surface area contributed by atoms with Gasteiger partial charge < -0.3 is 34.7 Å². The third kappa shape index (κ3) is 5.34. The molecular weight excluding hydrogens is 670 g/mol. The number of anilines is 1. The Morgan fingerprint density at radius 3 is 2.43 bits per heavy atom. The van der Waals surface area contributed by atoms with Crippen molar-refractivity contribution in [3.05, 3.63) is 34.3 Å². The Morgan fingerprint density at radius 1 is 1.02 bits per heavy atom. The van der Waals surface area contributed by atoms with Crippen molar-refractivity contribution in [3.63, 3.8) is 0 Å². The van der Waals surface area contributed by atoms with Crippen LogP contribution in [0.2, 0.25) is 0 Å². The van der Waals surface area contributed by atoms with E-state index < -0.39 is 101 Å². The minimum atomic E-state index is -5.24. The monoisotopic (exact) mass is 693 g/mol. The highest BCUT2D eigenvalue weighted by Crippen LogP contribution is 2.54. The van der Waals surface area contributed by atoms with Crippen LogP contribution in [0.5, 0.6) is 0 Å². The molecule has 4 aliphatic rings. The van der Waals surface area contributed by atoms with Crippen LogP contribution < -0.4 is 11.3 Å². The summed E-state index contributed by atoms with van der Waals surface area (Å²) in [5.41, 5.74) is 4.00. The van der Waals surface area contributed by atoms with Crippen LogP contribution in [0.3, 0.4) is 0 Å². The van der Waals surface area contributed by atoms with Crippen LogP contribution in [0, 0.1) is 5.82 Å². The number of phosphoric ester groups is 2. The Labute approximate surface area is 253 Å². The number of nitrogen functional groups attached to an aromatic ring is 1. The van der Waals surface area contributed by atoms with E-state index in [1.54, 1.807) is 0 Å². The largest absolute Gasteiger partial charge is 0.472 e. The van der Waals surface area contributed by atoms with Crippen molar-refractivity contribution in [3.8, 4) is 0 Å². The maximum Gasteiger partial charge on any atom is 0.472 e. The van der Waals surface area contributed by atoms with E-state index in [0.29, 0.717) is 0 Å². The highest BCUT2D eigenvalue weighted by molar-refractivity contribution is 7.47. The molecule has 20 nitrogen and oxygen atoms in total. The number of aliphatic imine (C=N–C) groups is 1. The normalized spacial score (nSPS) is 38.2. The zero-order valence-corrected chi connectivity index (χ0v) is 24.6. The van der Waals surface area contributed by atoms with Gasteiger partial charge in [-0.05, 0) is 0 Å². The number of aliphatic hydroxyl groups excluding tert-OH is 1. The van der Waals surface area contributed by atoms with Gasteiger partial charge in [0, 0.05) is 18.8 Å². The predicted molar refractivity (Wildman–Crippen MR) is 144 cm³/mol. The number of aliphatic hydroxyl groups is 1. The molecule has 4 aliphatic heterocycles. The number of nitrogens with zero attached hydrogens (tertiary/aromatic N) is 5. The Balaban J connectivity index is 1.20. The first kappa shape index (κ1) is 31.3. The molecule has 6 N–H and O–H groups in total. The number of rotatable bonds is 2. The molecule has 2 unspecified atom stereocenters. The zero-order valence-electron chi connectivity index (χ0n) is 22.9. The van der Waals surface area contributed by atoms with E-state index in [0.717, 1.165) is 21.7 Å². The van der Waals surface area contributed by atoms with Gasteiger partial charge in [0.1, 0.15) is 36.3 Å². The van der Waals surface area contributed by atoms with E-state index >= 15 is 4.39 Å². The number of carbonyl (C=O) groups is 1. The third-order valence-corrected chi connectivity index (χ3v) is 9.59. The maximum absolute atomic E-state index is 15.9. The number of alkyl halides is 1. The summed E-state index contributed by atoms with van der Waals surface area (Å²) in [5, 5.41) is 11.0. The predicted octanol–water partition coefficient (Wildman–Crippen LogP) is 0.143. The first-order valence-corrected chi connectivity index (χ1v) is 16.3. The van der Waals surface area contributed by atoms with Crippen LogP contribution in [-0.4, -0.2) is 101 Å². The van der Waals surface area contributed by atoms with Crippen LogP contribution in [0.1, 0.15) is 29.2 Å². The number of Topliss-reactive ketones (excluding diaryl/α,β-unsaturated/α-hetero) is 1. The quantitative estimate of drug-likeness (QED) is 0.223. The molecule has 3 aromatic heterocycles. The van der Waals surface area contributed by atoms with Crippen molar-refractivity contribution in [2.45, 2.75) is 55.6 Å². The lowest BCUT2D eigenvalue weighted by atomic mass is 10.1. The molecule has 248 valence electrons. The third-order valence-electron chi connectivity index (χ3n) is 7.62. The topological polar surface area (TPSA) is 274 Å². The Morgan fingerprint density at radius 2 is 1.70 bits per heavy atom. The minimum absolute atomic E-state index is 0.186. The number of aromatic amines is 1. The zero-order chi connectivity index (χ0) is 32.7. The first-order valence-electron chi connectivity index (χ1n) is 13.4. The van der Waals surface area contributed by atoms with E-state index in [9.17, 15) is 38.0 Å². The Hall–Kier alpha value is -3.27. The van der Waals surface area contributed by atoms with Crippen LogP contribution in [0.4, 0.5) is 20.5 Å². The number of H-pyrrole nitrogens is 1. The van der Waals surface area contributed by atoms with Gasteiger partial charge in [-0.25, -0.2) is 27.9 Å². The van der Waals surface area contributed by atoms with E-state index in [1.165, 1.54) is 6.21 Å². The number of ether oxygens (including phenoxy) is 2. The van der Waals surface area contributed by atoms with Gasteiger partial charge in [-0.1, -0.05) is 0 Å². The number of nitrogens with one attached hydrogen (secondary N) is 1. The number of imidazole rings is 1. The lowest BCUT2D eigenvalue weighted by molar-refractivity contribution is -0.0675. The molecule has 0 saturated carbocycles. The van der Waals surface area contributed by atoms with Gasteiger partial charge in [0.2, 0.25) is 5.95 Å². The number of phosphoric acid groups is 2. The molecule has 0 radical (unpaired) electrons. The highest BCUT2D eigenvalue weighted by atomic mass is 31.2. The number of fused-ring (bicyclic) bond motifs is 5. The van der Waals surface area contributed by atoms with Crippen molar-refractivity contribution >= 4 is 50.6 Å². The molecule has 0 amide bonds. The molecule has 3 fully saturated rings. The van der Waals surface area contributed by atoms with Crippen LogP contribution >= 0.6 is 15.6 Å². The Kier molecular flexibility index (Phi) is 7.61. The van der Waals surface area contributed by atoms with Crippen LogP contribution in [0.25, 0.3) is 11.2 Å². The summed E-state index contributed by atoms with van der Waals surface area (Å²) >= 11 is 0. The first-order chi connectivity index (χ1) is 21.7. The van der Waals surface area contributed by atoms with E-state index in [4.69, 9.17) is 33.3 Å². The standard InChI is InChI=1S/C22H23F2N7O13P2/c23-7-3-30(17-11(7)8(32)1-2-26-17)21-16-14(33)9(41-21)4-39-45(35,36)43-15-10(5-40-46(37,38)44-16)42-20(12(15)24)31-6-27-13-18(31)28-22(25)29-19(13)34/h2-3,6,9-10,12,14-16,20-21,33H,1,4-5H2,(H,35,36)(H,37,38)(H3,25,28,29,34)/t9-,10-,12-,14-,15-,16-,20-,21-/m1/s1. The van der Waals surface area contributed by atoms with E-state index in [2.05, 4.69) is 19.9 Å². The second-order valence-electron chi connectivity index (χ2n) is 10.5. The van der Waals surface area contributed by atoms with Gasteiger partial charge in [0.25, 0.3) is 5.56 Å². The average Bonchev–Trinajstić information content (AvgIpc) is 3.71. The Bertz CT molecular complexity index is 1920. The molecule has 2 bridgehead atoms. The average molecular weight is 693 g/mol. The lowest BCUT2D eigenvalue weighted by Crippen LogP contribution is -2.35. The number of halogens is 2. The number of hydrogen-bond acceptors (Lipinski definition) is 15. The van der Waals surface area contributed by atoms with E-state index in [1.807, 2.05) is 0 Å². The smallest absolute Gasteiger partial charge is 0.387 e. The van der Waals surface area contributed by atoms with Crippen LogP contribution in [-0.2, 0) is 36.7 Å². The summed E-state index contributed by atoms with van der Waals surface area (Å²) in [7, 11) is -10.5. The van der Waals surface area contributed by atoms with Crippen molar-refractivity contribution in [2.75, 3.05) is 18.9 Å². The minimum Gasteiger partial charge on any atom is -0.387 e. The second-order valence-corrected chi connectivity index (χ2v) is 13.3. The fourth-order valence-electron chi connectivity index (χ4n) is 5.59. The highest BCUT2D eigenvalue weighted by Gasteiger charge is 2.54. The van der Waals surface area contributed by atoms with Crippen molar-refractivity contribution in [1.29, 1.82) is 0 Å². The summed E-state index contributed by atoms with van der Waals surface area (Å²) in [4.78, 5) is 59.6. The van der Waals surface area contributed by atoms with Gasteiger partial charge >= 0.3 is 15.6 Å². The molecule has 24 heteroatoms. The molecule has 0 aromatic carbocycles. The number of nitrogens with two attached hydrogens (primary N) is 1. The summed E-state index contributed by atoms with van der Waals surface area (Å²) < 4.78 is 90.4. The van der Waals surface area contributed by atoms with Gasteiger partial charge in [-0.3, -0.25) is 37.2 Å². The molecule has 0 aliphatic carbocycles. The fraction of sp³-hybridized carbons (Fsp3) is 0.500.